The quantitative estimate of drug-likeness (QED) is 0.690. The molecule has 0 spiro atoms. The molecule has 19 heavy (non-hydrogen) atoms. The number of carboxylic acids is 1. The summed E-state index contributed by atoms with van der Waals surface area (Å²) in [4.78, 5) is 22.7. The number of hydrogen-bond acceptors (Lipinski definition) is 3. The van der Waals surface area contributed by atoms with E-state index in [0.29, 0.717) is 18.8 Å². The van der Waals surface area contributed by atoms with Crippen molar-refractivity contribution < 1.29 is 19.4 Å². The van der Waals surface area contributed by atoms with Gasteiger partial charge in [0.15, 0.2) is 0 Å². The van der Waals surface area contributed by atoms with Crippen molar-refractivity contribution in [1.82, 2.24) is 5.32 Å². The number of carboxylic acid groups (broad SMARTS) is 1. The minimum Gasteiger partial charge on any atom is -0.480 e. The van der Waals surface area contributed by atoms with Crippen molar-refractivity contribution in [3.63, 3.8) is 0 Å². The van der Waals surface area contributed by atoms with Gasteiger partial charge in [0, 0.05) is 19.6 Å². The lowest BCUT2D eigenvalue weighted by molar-refractivity contribution is -0.141. The highest BCUT2D eigenvalue weighted by atomic mass is 16.5. The first-order valence-electron chi connectivity index (χ1n) is 6.84. The van der Waals surface area contributed by atoms with Gasteiger partial charge in [-0.25, -0.2) is 4.79 Å². The molecule has 1 aliphatic rings. The van der Waals surface area contributed by atoms with E-state index in [2.05, 4.69) is 5.32 Å². The van der Waals surface area contributed by atoms with E-state index in [1.54, 1.807) is 12.2 Å². The minimum absolute atomic E-state index is 0.177. The number of amides is 1. The second-order valence-electron chi connectivity index (χ2n) is 4.86. The summed E-state index contributed by atoms with van der Waals surface area (Å²) in [5.74, 6) is -0.640. The van der Waals surface area contributed by atoms with Crippen LogP contribution in [0.2, 0.25) is 0 Å². The summed E-state index contributed by atoms with van der Waals surface area (Å²) in [5.41, 5.74) is 0. The Bertz CT molecular complexity index is 321. The first-order chi connectivity index (χ1) is 9.13. The predicted molar refractivity (Wildman–Crippen MR) is 71.8 cm³/mol. The Morgan fingerprint density at radius 3 is 2.68 bits per heavy atom. The van der Waals surface area contributed by atoms with Crippen LogP contribution in [0.1, 0.15) is 39.0 Å². The van der Waals surface area contributed by atoms with Gasteiger partial charge >= 0.3 is 5.97 Å². The molecule has 0 bridgehead atoms. The third-order valence-electron chi connectivity index (χ3n) is 3.36. The topological polar surface area (TPSA) is 75.6 Å². The van der Waals surface area contributed by atoms with E-state index in [-0.39, 0.29) is 5.91 Å². The van der Waals surface area contributed by atoms with Crippen LogP contribution in [0.4, 0.5) is 0 Å². The van der Waals surface area contributed by atoms with Crippen LogP contribution in [0.15, 0.2) is 12.2 Å². The second-order valence-corrected chi connectivity index (χ2v) is 4.86. The summed E-state index contributed by atoms with van der Waals surface area (Å²) < 4.78 is 5.26. The van der Waals surface area contributed by atoms with Gasteiger partial charge in [-0.05, 0) is 38.5 Å². The van der Waals surface area contributed by atoms with Gasteiger partial charge in [-0.2, -0.15) is 0 Å². The molecular weight excluding hydrogens is 246 g/mol. The van der Waals surface area contributed by atoms with E-state index in [4.69, 9.17) is 9.84 Å². The molecule has 2 N–H and O–H groups in total. The number of carbonyl (C=O) groups is 2. The summed E-state index contributed by atoms with van der Waals surface area (Å²) in [6.07, 6.45) is 7.05. The van der Waals surface area contributed by atoms with Crippen LogP contribution in [0, 0.1) is 5.92 Å². The SMILES string of the molecule is C/C=C/CC(NC(=O)CCC1CCOCC1)C(=O)O. The number of ether oxygens (including phenoxy) is 1. The molecule has 0 aromatic carbocycles. The number of rotatable bonds is 7. The minimum atomic E-state index is -0.988. The highest BCUT2D eigenvalue weighted by Crippen LogP contribution is 2.19. The van der Waals surface area contributed by atoms with E-state index in [1.165, 1.54) is 0 Å². The van der Waals surface area contributed by atoms with Crippen molar-refractivity contribution in [3.8, 4) is 0 Å². The fourth-order valence-corrected chi connectivity index (χ4v) is 2.13. The lowest BCUT2D eigenvalue weighted by Crippen LogP contribution is -2.40. The van der Waals surface area contributed by atoms with Crippen LogP contribution in [-0.2, 0) is 14.3 Å². The Morgan fingerprint density at radius 1 is 1.42 bits per heavy atom. The summed E-state index contributed by atoms with van der Waals surface area (Å²) >= 11 is 0. The molecule has 0 radical (unpaired) electrons. The zero-order valence-corrected chi connectivity index (χ0v) is 11.4. The smallest absolute Gasteiger partial charge is 0.326 e. The van der Waals surface area contributed by atoms with Crippen LogP contribution in [0.25, 0.3) is 0 Å². The molecule has 1 amide bonds. The maximum atomic E-state index is 11.7. The van der Waals surface area contributed by atoms with Gasteiger partial charge in [-0.3, -0.25) is 4.79 Å². The highest BCUT2D eigenvalue weighted by Gasteiger charge is 2.20. The largest absolute Gasteiger partial charge is 0.480 e. The molecule has 1 heterocycles. The molecule has 5 heteroatoms. The lowest BCUT2D eigenvalue weighted by Gasteiger charge is -2.22. The third kappa shape index (κ3) is 6.38. The normalized spacial score (nSPS) is 18.4. The van der Waals surface area contributed by atoms with Crippen molar-refractivity contribution in [2.75, 3.05) is 13.2 Å². The molecule has 1 aliphatic heterocycles. The van der Waals surface area contributed by atoms with Crippen molar-refractivity contribution in [2.24, 2.45) is 5.92 Å². The third-order valence-corrected chi connectivity index (χ3v) is 3.36. The Kier molecular flexibility index (Phi) is 7.18. The van der Waals surface area contributed by atoms with Gasteiger partial charge < -0.3 is 15.2 Å². The molecule has 1 unspecified atom stereocenters. The molecule has 0 aliphatic carbocycles. The van der Waals surface area contributed by atoms with E-state index in [0.717, 1.165) is 32.5 Å². The molecule has 5 nitrogen and oxygen atoms in total. The Morgan fingerprint density at radius 2 is 2.11 bits per heavy atom. The van der Waals surface area contributed by atoms with Gasteiger partial charge in [0.2, 0.25) is 5.91 Å². The monoisotopic (exact) mass is 269 g/mol. The van der Waals surface area contributed by atoms with Crippen LogP contribution in [0.5, 0.6) is 0 Å². The fourth-order valence-electron chi connectivity index (χ4n) is 2.13. The van der Waals surface area contributed by atoms with Crippen LogP contribution in [0.3, 0.4) is 0 Å². The molecular formula is C14H23NO4. The summed E-state index contributed by atoms with van der Waals surface area (Å²) in [7, 11) is 0. The number of allylic oxidation sites excluding steroid dienone is 1. The van der Waals surface area contributed by atoms with Gasteiger partial charge in [-0.1, -0.05) is 12.2 Å². The maximum absolute atomic E-state index is 11.7. The van der Waals surface area contributed by atoms with E-state index < -0.39 is 12.0 Å². The number of carbonyl (C=O) groups excluding carboxylic acids is 1. The summed E-state index contributed by atoms with van der Waals surface area (Å²) in [5, 5.41) is 11.6. The number of hydrogen-bond donors (Lipinski definition) is 2. The fraction of sp³-hybridized carbons (Fsp3) is 0.714. The molecule has 0 saturated carbocycles. The van der Waals surface area contributed by atoms with E-state index in [9.17, 15) is 9.59 Å². The molecule has 1 atom stereocenters. The summed E-state index contributed by atoms with van der Waals surface area (Å²) in [6, 6.07) is -0.821. The van der Waals surface area contributed by atoms with Crippen molar-refractivity contribution >= 4 is 11.9 Å². The Hall–Kier alpha value is -1.36. The zero-order valence-electron chi connectivity index (χ0n) is 11.4. The highest BCUT2D eigenvalue weighted by molar-refractivity contribution is 5.83. The first kappa shape index (κ1) is 15.7. The number of nitrogens with one attached hydrogen (secondary N) is 1. The Labute approximate surface area is 114 Å². The molecule has 0 aromatic heterocycles. The first-order valence-corrected chi connectivity index (χ1v) is 6.84. The van der Waals surface area contributed by atoms with Gasteiger partial charge in [-0.15, -0.1) is 0 Å². The predicted octanol–water partition coefficient (Wildman–Crippen LogP) is 1.73. The molecule has 108 valence electrons. The van der Waals surface area contributed by atoms with Crippen LogP contribution in [-0.4, -0.2) is 36.2 Å². The average Bonchev–Trinajstić information content (AvgIpc) is 2.42. The Balaban J connectivity index is 2.29. The van der Waals surface area contributed by atoms with Crippen LogP contribution < -0.4 is 5.32 Å². The molecule has 1 fully saturated rings. The lowest BCUT2D eigenvalue weighted by atomic mass is 9.95. The second kappa shape index (κ2) is 8.69. The van der Waals surface area contributed by atoms with Crippen molar-refractivity contribution in [1.29, 1.82) is 0 Å². The molecule has 0 aromatic rings. The van der Waals surface area contributed by atoms with Crippen molar-refractivity contribution in [3.05, 3.63) is 12.2 Å². The maximum Gasteiger partial charge on any atom is 0.326 e. The molecule has 1 rings (SSSR count). The van der Waals surface area contributed by atoms with E-state index >= 15 is 0 Å². The zero-order chi connectivity index (χ0) is 14.1. The number of aliphatic carboxylic acids is 1. The van der Waals surface area contributed by atoms with Gasteiger partial charge in [0.05, 0.1) is 0 Å². The molecule has 1 saturated heterocycles. The van der Waals surface area contributed by atoms with Crippen molar-refractivity contribution in [2.45, 2.75) is 45.1 Å². The van der Waals surface area contributed by atoms with Gasteiger partial charge in [0.1, 0.15) is 6.04 Å². The average molecular weight is 269 g/mol. The standard InChI is InChI=1S/C14H23NO4/c1-2-3-4-12(14(17)18)15-13(16)6-5-11-7-9-19-10-8-11/h2-3,11-12H,4-10H2,1H3,(H,15,16)(H,17,18)/b3-2+. The van der Waals surface area contributed by atoms with E-state index in [1.807, 2.05) is 6.92 Å². The summed E-state index contributed by atoms with van der Waals surface area (Å²) in [6.45, 7) is 3.36. The van der Waals surface area contributed by atoms with Crippen LogP contribution >= 0.6 is 0 Å². The van der Waals surface area contributed by atoms with Gasteiger partial charge in [0.25, 0.3) is 0 Å².